The molecule has 4 aromatic rings. The van der Waals surface area contributed by atoms with Crippen molar-refractivity contribution in [3.8, 4) is 0 Å². The summed E-state index contributed by atoms with van der Waals surface area (Å²) >= 11 is 0. The van der Waals surface area contributed by atoms with Gasteiger partial charge in [-0.1, -0.05) is 87.9 Å². The number of aldehydes is 1. The summed E-state index contributed by atoms with van der Waals surface area (Å²) in [5.41, 5.74) is 9.20. The van der Waals surface area contributed by atoms with Crippen LogP contribution in [0.5, 0.6) is 0 Å². The molecular formula is C42H55N7O3. The van der Waals surface area contributed by atoms with Crippen molar-refractivity contribution in [2.24, 2.45) is 17.8 Å². The van der Waals surface area contributed by atoms with Crippen LogP contribution in [0.2, 0.25) is 0 Å². The van der Waals surface area contributed by atoms with E-state index in [2.05, 4.69) is 90.8 Å². The molecule has 0 radical (unpaired) electrons. The Morgan fingerprint density at radius 3 is 2.54 bits per heavy atom. The SMILES string of the molecule is CNC(CCCCNCc1ccc2ccccc2c1)C(=O)N1CCCC(C(=O)NN(C)c2ccc3ccc(/C=C/C(C)C(C=O)C(C)C)cc3n2)N1. The molecule has 5 rings (SSSR count). The monoisotopic (exact) mass is 705 g/mol. The third-order valence-corrected chi connectivity index (χ3v) is 10.1. The first-order valence-electron chi connectivity index (χ1n) is 18.7. The minimum Gasteiger partial charge on any atom is -0.313 e. The van der Waals surface area contributed by atoms with Crippen LogP contribution in [-0.2, 0) is 20.9 Å². The molecule has 10 nitrogen and oxygen atoms in total. The van der Waals surface area contributed by atoms with Gasteiger partial charge in [0.15, 0.2) is 0 Å². The van der Waals surface area contributed by atoms with Crippen molar-refractivity contribution in [1.82, 2.24) is 31.5 Å². The van der Waals surface area contributed by atoms with E-state index >= 15 is 0 Å². The number of amides is 2. The second kappa shape index (κ2) is 18.7. The van der Waals surface area contributed by atoms with Gasteiger partial charge in [-0.25, -0.2) is 10.4 Å². The van der Waals surface area contributed by atoms with Gasteiger partial charge in [0, 0.05) is 31.4 Å². The number of carbonyl (C=O) groups excluding carboxylic acids is 3. The van der Waals surface area contributed by atoms with Gasteiger partial charge < -0.3 is 15.4 Å². The summed E-state index contributed by atoms with van der Waals surface area (Å²) in [6.07, 6.45) is 9.09. The molecule has 1 aliphatic rings. The molecule has 10 heteroatoms. The second-order valence-corrected chi connectivity index (χ2v) is 14.3. The normalized spacial score (nSPS) is 16.7. The molecule has 4 unspecified atom stereocenters. The van der Waals surface area contributed by atoms with Gasteiger partial charge in [-0.3, -0.25) is 25.0 Å². The Morgan fingerprint density at radius 2 is 1.77 bits per heavy atom. The Labute approximate surface area is 308 Å². The predicted molar refractivity (Wildman–Crippen MR) is 211 cm³/mol. The van der Waals surface area contributed by atoms with Crippen molar-refractivity contribution in [2.75, 3.05) is 32.2 Å². The number of anilines is 1. The standard InChI is InChI=1S/C42H55N7O3/c1-29(2)36(28-50)30(3)15-16-31-17-20-34-21-22-40(45-39(34)26-31)48(5)47-41(51)37-14-10-24-49(46-37)42(52)38(43-4)13-8-9-23-44-27-32-18-19-33-11-6-7-12-35(33)25-32/h6-7,11-12,15-22,25-26,28-30,36-38,43-44,46H,8-10,13-14,23-24,27H2,1-5H3,(H,47,51)/b16-15+. The number of unbranched alkanes of at least 4 members (excludes halogenated alkanes) is 1. The van der Waals surface area contributed by atoms with E-state index in [0.29, 0.717) is 25.2 Å². The van der Waals surface area contributed by atoms with E-state index in [-0.39, 0.29) is 35.6 Å². The lowest BCUT2D eigenvalue weighted by molar-refractivity contribution is -0.141. The molecule has 2 heterocycles. The average Bonchev–Trinajstić information content (AvgIpc) is 3.16. The fourth-order valence-corrected chi connectivity index (χ4v) is 6.89. The molecule has 3 aromatic carbocycles. The highest BCUT2D eigenvalue weighted by Crippen LogP contribution is 2.23. The van der Waals surface area contributed by atoms with Crippen molar-refractivity contribution in [3.05, 3.63) is 90.0 Å². The fourth-order valence-electron chi connectivity index (χ4n) is 6.89. The van der Waals surface area contributed by atoms with Crippen LogP contribution in [0.15, 0.2) is 78.9 Å². The van der Waals surface area contributed by atoms with Gasteiger partial charge in [-0.15, -0.1) is 0 Å². The van der Waals surface area contributed by atoms with Gasteiger partial charge in [0.2, 0.25) is 0 Å². The maximum absolute atomic E-state index is 13.5. The van der Waals surface area contributed by atoms with Crippen LogP contribution in [0.4, 0.5) is 5.82 Å². The van der Waals surface area contributed by atoms with Crippen LogP contribution < -0.4 is 26.5 Å². The number of rotatable bonds is 17. The summed E-state index contributed by atoms with van der Waals surface area (Å²) in [4.78, 5) is 43.2. The maximum atomic E-state index is 13.5. The number of carbonyl (C=O) groups is 3. The molecule has 1 fully saturated rings. The summed E-state index contributed by atoms with van der Waals surface area (Å²) in [5, 5.41) is 13.4. The van der Waals surface area contributed by atoms with E-state index in [1.807, 2.05) is 43.5 Å². The number of fused-ring (bicyclic) bond motifs is 2. The highest BCUT2D eigenvalue weighted by molar-refractivity contribution is 5.87. The lowest BCUT2D eigenvalue weighted by Gasteiger charge is -2.36. The zero-order valence-corrected chi connectivity index (χ0v) is 31.3. The number of allylic oxidation sites excluding steroid dienone is 1. The van der Waals surface area contributed by atoms with Gasteiger partial charge in [0.05, 0.1) is 11.6 Å². The molecule has 0 aliphatic carbocycles. The number of hydrogen-bond donors (Lipinski definition) is 4. The molecular weight excluding hydrogens is 651 g/mol. The lowest BCUT2D eigenvalue weighted by Crippen LogP contribution is -2.61. The Bertz CT molecular complexity index is 1840. The Morgan fingerprint density at radius 1 is 1.00 bits per heavy atom. The van der Waals surface area contributed by atoms with Gasteiger partial charge in [0.25, 0.3) is 11.8 Å². The van der Waals surface area contributed by atoms with E-state index in [0.717, 1.165) is 55.1 Å². The van der Waals surface area contributed by atoms with Crippen LogP contribution in [0, 0.1) is 17.8 Å². The van der Waals surface area contributed by atoms with Crippen LogP contribution in [0.3, 0.4) is 0 Å². The fraction of sp³-hybridized carbons (Fsp3) is 0.429. The van der Waals surface area contributed by atoms with E-state index in [4.69, 9.17) is 4.98 Å². The zero-order chi connectivity index (χ0) is 37.0. The molecule has 0 spiro atoms. The van der Waals surface area contributed by atoms with E-state index in [1.54, 1.807) is 17.1 Å². The highest BCUT2D eigenvalue weighted by atomic mass is 16.2. The summed E-state index contributed by atoms with van der Waals surface area (Å²) in [6.45, 7) is 8.44. The van der Waals surface area contributed by atoms with Crippen LogP contribution in [-0.4, -0.2) is 67.4 Å². The molecule has 4 N–H and O–H groups in total. The number of hydrogen-bond acceptors (Lipinski definition) is 8. The number of likely N-dealkylation sites (N-methyl/N-ethyl adjacent to an activating group) is 1. The number of nitrogens with zero attached hydrogens (tertiary/aromatic N) is 3. The molecule has 1 saturated heterocycles. The van der Waals surface area contributed by atoms with E-state index < -0.39 is 6.04 Å². The quantitative estimate of drug-likeness (QED) is 0.0599. The number of hydrazine groups is 2. The van der Waals surface area contributed by atoms with Gasteiger partial charge in [-0.2, -0.15) is 0 Å². The topological polar surface area (TPSA) is 119 Å². The minimum absolute atomic E-state index is 0.0297. The second-order valence-electron chi connectivity index (χ2n) is 14.3. The third-order valence-electron chi connectivity index (χ3n) is 10.1. The average molecular weight is 706 g/mol. The summed E-state index contributed by atoms with van der Waals surface area (Å²) in [6, 6.07) is 24.0. The van der Waals surface area contributed by atoms with Crippen molar-refractivity contribution in [1.29, 1.82) is 0 Å². The van der Waals surface area contributed by atoms with Crippen molar-refractivity contribution >= 4 is 51.7 Å². The van der Waals surface area contributed by atoms with Crippen molar-refractivity contribution < 1.29 is 14.4 Å². The van der Waals surface area contributed by atoms with Gasteiger partial charge in [0.1, 0.15) is 18.1 Å². The van der Waals surface area contributed by atoms with Crippen molar-refractivity contribution in [3.63, 3.8) is 0 Å². The van der Waals surface area contributed by atoms with Crippen LogP contribution in [0.25, 0.3) is 27.8 Å². The summed E-state index contributed by atoms with van der Waals surface area (Å²) in [7, 11) is 3.58. The molecule has 2 amide bonds. The van der Waals surface area contributed by atoms with Crippen molar-refractivity contribution in [2.45, 2.75) is 71.5 Å². The van der Waals surface area contributed by atoms with Gasteiger partial charge >= 0.3 is 0 Å². The minimum atomic E-state index is -0.544. The third kappa shape index (κ3) is 10.2. The molecule has 1 aliphatic heterocycles. The Balaban J connectivity index is 1.08. The highest BCUT2D eigenvalue weighted by Gasteiger charge is 2.31. The van der Waals surface area contributed by atoms with Gasteiger partial charge in [-0.05, 0) is 97.3 Å². The van der Waals surface area contributed by atoms with E-state index in [1.165, 1.54) is 16.3 Å². The molecule has 1 aromatic heterocycles. The van der Waals surface area contributed by atoms with E-state index in [9.17, 15) is 14.4 Å². The van der Waals surface area contributed by atoms with Crippen LogP contribution >= 0.6 is 0 Å². The first kappa shape index (κ1) is 38.6. The first-order valence-corrected chi connectivity index (χ1v) is 18.7. The lowest BCUT2D eigenvalue weighted by atomic mass is 9.85. The molecule has 0 bridgehead atoms. The molecule has 0 saturated carbocycles. The largest absolute Gasteiger partial charge is 0.313 e. The number of pyridine rings is 1. The smallest absolute Gasteiger partial charge is 0.257 e. The zero-order valence-electron chi connectivity index (χ0n) is 31.3. The number of aromatic nitrogens is 1. The molecule has 52 heavy (non-hydrogen) atoms. The Kier molecular flexibility index (Phi) is 13.9. The summed E-state index contributed by atoms with van der Waals surface area (Å²) < 4.78 is 0. The number of nitrogens with one attached hydrogen (secondary N) is 4. The molecule has 276 valence electrons. The van der Waals surface area contributed by atoms with Crippen LogP contribution in [0.1, 0.15) is 64.0 Å². The maximum Gasteiger partial charge on any atom is 0.257 e. The summed E-state index contributed by atoms with van der Waals surface area (Å²) in [5.74, 6) is 0.703. The molecule has 4 atom stereocenters. The number of benzene rings is 3. The predicted octanol–water partition coefficient (Wildman–Crippen LogP) is 6.02. The first-order chi connectivity index (χ1) is 25.2. The Hall–Kier alpha value is -4.64.